The van der Waals surface area contributed by atoms with Gasteiger partial charge in [0.05, 0.1) is 24.7 Å². The van der Waals surface area contributed by atoms with Crippen LogP contribution in [0.4, 0.5) is 5.69 Å². The smallest absolute Gasteiger partial charge is 0.345 e. The van der Waals surface area contributed by atoms with Crippen molar-refractivity contribution in [2.24, 2.45) is 4.40 Å². The lowest BCUT2D eigenvalue weighted by Crippen LogP contribution is -2.35. The fraction of sp³-hybridized carbons (Fsp3) is 0.278. The molecule has 0 aliphatic carbocycles. The van der Waals surface area contributed by atoms with Crippen LogP contribution in [-0.2, 0) is 21.5 Å². The Labute approximate surface area is 163 Å². The molecule has 1 amide bonds. The van der Waals surface area contributed by atoms with Crippen LogP contribution in [0.15, 0.2) is 52.8 Å². The zero-order valence-corrected chi connectivity index (χ0v) is 16.6. The van der Waals surface area contributed by atoms with Crippen molar-refractivity contribution in [2.45, 2.75) is 19.9 Å². The van der Waals surface area contributed by atoms with E-state index >= 15 is 0 Å². The molecule has 0 spiro atoms. The number of carbonyl (C=O) groups is 1. The van der Waals surface area contributed by atoms with Gasteiger partial charge in [0.2, 0.25) is 0 Å². The lowest BCUT2D eigenvalue weighted by molar-refractivity contribution is -0.113. The number of nitrogens with zero attached hydrogens (tertiary/aromatic N) is 4. The Bertz CT molecular complexity index is 1040. The largest absolute Gasteiger partial charge is 0.497 e. The van der Waals surface area contributed by atoms with Gasteiger partial charge in [-0.2, -0.15) is 13.5 Å². The van der Waals surface area contributed by atoms with Gasteiger partial charge >= 0.3 is 10.2 Å². The summed E-state index contributed by atoms with van der Waals surface area (Å²) < 4.78 is 36.3. The number of rotatable bonds is 6. The van der Waals surface area contributed by atoms with Crippen molar-refractivity contribution in [3.63, 3.8) is 0 Å². The Balaban J connectivity index is 1.89. The van der Waals surface area contributed by atoms with Gasteiger partial charge in [-0.1, -0.05) is 6.92 Å². The van der Waals surface area contributed by atoms with Crippen molar-refractivity contribution in [3.8, 4) is 5.75 Å². The number of likely N-dealkylation sites (N-methyl/N-ethyl adjacent to an activating group) is 1. The molecule has 28 heavy (non-hydrogen) atoms. The van der Waals surface area contributed by atoms with E-state index in [1.165, 1.54) is 26.4 Å². The van der Waals surface area contributed by atoms with E-state index in [-0.39, 0.29) is 11.4 Å². The minimum Gasteiger partial charge on any atom is -0.497 e. The van der Waals surface area contributed by atoms with Crippen molar-refractivity contribution in [1.82, 2.24) is 14.1 Å². The summed E-state index contributed by atoms with van der Waals surface area (Å²) >= 11 is 0. The van der Waals surface area contributed by atoms with E-state index in [9.17, 15) is 13.2 Å². The van der Waals surface area contributed by atoms with Crippen LogP contribution >= 0.6 is 0 Å². The Morgan fingerprint density at radius 3 is 2.61 bits per heavy atom. The van der Waals surface area contributed by atoms with Crippen molar-refractivity contribution < 1.29 is 17.9 Å². The molecule has 148 valence electrons. The van der Waals surface area contributed by atoms with Crippen LogP contribution in [0.5, 0.6) is 5.75 Å². The van der Waals surface area contributed by atoms with Crippen molar-refractivity contribution in [1.29, 1.82) is 0 Å². The summed E-state index contributed by atoms with van der Waals surface area (Å²) in [4.78, 5) is 12.7. The SMILES string of the molecule is CCCn1cc(NC(=O)C2=CC(c3ccc(OC)cc3)=NS(=O)(=O)N2C)cn1. The number of nitrogens with one attached hydrogen (secondary N) is 1. The fourth-order valence-electron chi connectivity index (χ4n) is 2.64. The quantitative estimate of drug-likeness (QED) is 0.792. The second-order valence-corrected chi connectivity index (χ2v) is 7.75. The molecule has 3 rings (SSSR count). The highest BCUT2D eigenvalue weighted by molar-refractivity contribution is 7.88. The molecular weight excluding hydrogens is 382 g/mol. The Kier molecular flexibility index (Phi) is 5.50. The molecule has 0 atom stereocenters. The maximum absolute atomic E-state index is 12.7. The fourth-order valence-corrected chi connectivity index (χ4v) is 3.55. The standard InChI is InChI=1S/C18H21N5O4S/c1-4-9-23-12-14(11-19-23)20-18(24)17-10-16(21-28(25,26)22(17)2)13-5-7-15(27-3)8-6-13/h5-8,10-12H,4,9H2,1-3H3,(H,20,24). The van der Waals surface area contributed by atoms with Gasteiger partial charge in [-0.15, -0.1) is 4.40 Å². The average Bonchev–Trinajstić information content (AvgIpc) is 3.11. The summed E-state index contributed by atoms with van der Waals surface area (Å²) in [5.74, 6) is 0.0641. The predicted octanol–water partition coefficient (Wildman–Crippen LogP) is 1.80. The molecule has 10 heteroatoms. The lowest BCUT2D eigenvalue weighted by atomic mass is 10.1. The van der Waals surface area contributed by atoms with E-state index in [1.807, 2.05) is 6.92 Å². The Morgan fingerprint density at radius 1 is 1.25 bits per heavy atom. The lowest BCUT2D eigenvalue weighted by Gasteiger charge is -2.23. The van der Waals surface area contributed by atoms with Gasteiger partial charge < -0.3 is 10.1 Å². The summed E-state index contributed by atoms with van der Waals surface area (Å²) in [5.41, 5.74) is 1.17. The zero-order chi connectivity index (χ0) is 20.3. The van der Waals surface area contributed by atoms with Crippen LogP contribution < -0.4 is 10.1 Å². The van der Waals surface area contributed by atoms with Gasteiger partial charge in [-0.3, -0.25) is 9.48 Å². The van der Waals surface area contributed by atoms with Crippen molar-refractivity contribution in [3.05, 3.63) is 54.0 Å². The molecule has 0 fully saturated rings. The average molecular weight is 403 g/mol. The minimum atomic E-state index is -4.02. The van der Waals surface area contributed by atoms with Gasteiger partial charge in [0, 0.05) is 25.4 Å². The zero-order valence-electron chi connectivity index (χ0n) is 15.8. The van der Waals surface area contributed by atoms with Gasteiger partial charge in [0.25, 0.3) is 5.91 Å². The van der Waals surface area contributed by atoms with Gasteiger partial charge in [0.15, 0.2) is 0 Å². The summed E-state index contributed by atoms with van der Waals surface area (Å²) in [6, 6.07) is 6.75. The molecule has 0 radical (unpaired) electrons. The van der Waals surface area contributed by atoms with Crippen LogP contribution in [0, 0.1) is 0 Å². The monoisotopic (exact) mass is 403 g/mol. The van der Waals surface area contributed by atoms with E-state index in [0.29, 0.717) is 17.0 Å². The topological polar surface area (TPSA) is 106 Å². The number of hydrogen-bond acceptors (Lipinski definition) is 5. The van der Waals surface area contributed by atoms with Gasteiger partial charge in [-0.05, 0) is 36.8 Å². The number of hydrogen-bond donors (Lipinski definition) is 1. The predicted molar refractivity (Wildman–Crippen MR) is 105 cm³/mol. The van der Waals surface area contributed by atoms with E-state index in [1.54, 1.807) is 35.1 Å². The first kappa shape index (κ1) is 19.6. The Hall–Kier alpha value is -3.14. The molecule has 0 saturated heterocycles. The second-order valence-electron chi connectivity index (χ2n) is 6.13. The minimum absolute atomic E-state index is 0.0379. The first-order valence-corrected chi connectivity index (χ1v) is 10.0. The summed E-state index contributed by atoms with van der Waals surface area (Å²) in [6.45, 7) is 2.74. The molecular formula is C18H21N5O4S. The number of amides is 1. The van der Waals surface area contributed by atoms with Crippen LogP contribution in [-0.4, -0.2) is 48.3 Å². The van der Waals surface area contributed by atoms with Gasteiger partial charge in [-0.25, -0.2) is 4.31 Å². The highest BCUT2D eigenvalue weighted by Crippen LogP contribution is 2.22. The van der Waals surface area contributed by atoms with Crippen molar-refractivity contribution >= 4 is 27.5 Å². The molecule has 0 saturated carbocycles. The number of allylic oxidation sites excluding steroid dienone is 1. The maximum Gasteiger partial charge on any atom is 0.345 e. The molecule has 2 aromatic rings. The number of aromatic nitrogens is 2. The van der Waals surface area contributed by atoms with E-state index < -0.39 is 16.1 Å². The van der Waals surface area contributed by atoms with E-state index in [4.69, 9.17) is 4.74 Å². The maximum atomic E-state index is 12.7. The first-order valence-electron chi connectivity index (χ1n) is 8.63. The Morgan fingerprint density at radius 2 is 1.96 bits per heavy atom. The number of anilines is 1. The molecule has 1 aromatic carbocycles. The molecule has 1 aromatic heterocycles. The number of carbonyl (C=O) groups excluding carboxylic acids is 1. The van der Waals surface area contributed by atoms with Crippen molar-refractivity contribution in [2.75, 3.05) is 19.5 Å². The molecule has 0 unspecified atom stereocenters. The summed E-state index contributed by atoms with van der Waals surface area (Å²) in [6.07, 6.45) is 5.55. The molecule has 0 bridgehead atoms. The molecule has 2 heterocycles. The van der Waals surface area contributed by atoms with Crippen LogP contribution in [0.2, 0.25) is 0 Å². The third kappa shape index (κ3) is 4.06. The summed E-state index contributed by atoms with van der Waals surface area (Å²) in [7, 11) is -1.20. The van der Waals surface area contributed by atoms with Crippen LogP contribution in [0.1, 0.15) is 18.9 Å². The molecule has 1 N–H and O–H groups in total. The highest BCUT2D eigenvalue weighted by atomic mass is 32.2. The number of ether oxygens (including phenoxy) is 1. The molecule has 1 aliphatic heterocycles. The van der Waals surface area contributed by atoms with Crippen LogP contribution in [0.3, 0.4) is 0 Å². The van der Waals surface area contributed by atoms with Crippen LogP contribution in [0.25, 0.3) is 0 Å². The van der Waals surface area contributed by atoms with Gasteiger partial charge in [0.1, 0.15) is 11.4 Å². The summed E-state index contributed by atoms with van der Waals surface area (Å²) in [5, 5.41) is 6.82. The molecule has 9 nitrogen and oxygen atoms in total. The van der Waals surface area contributed by atoms with E-state index in [2.05, 4.69) is 14.8 Å². The van der Waals surface area contributed by atoms with E-state index in [0.717, 1.165) is 17.3 Å². The molecule has 1 aliphatic rings. The normalized spacial score (nSPS) is 15.6. The highest BCUT2D eigenvalue weighted by Gasteiger charge is 2.30. The third-order valence-electron chi connectivity index (χ3n) is 4.13. The number of benzene rings is 1. The first-order chi connectivity index (χ1) is 13.3. The number of methoxy groups -OCH3 is 1. The third-order valence-corrected chi connectivity index (χ3v) is 5.45. The number of aryl methyl sites for hydroxylation is 1. The second kappa shape index (κ2) is 7.85.